The van der Waals surface area contributed by atoms with Gasteiger partial charge in [0.2, 0.25) is 0 Å². The molecule has 1 heterocycles. The smallest absolute Gasteiger partial charge is 0.145 e. The van der Waals surface area contributed by atoms with Crippen LogP contribution < -0.4 is 5.73 Å². The van der Waals surface area contributed by atoms with Crippen molar-refractivity contribution in [2.45, 2.75) is 33.7 Å². The van der Waals surface area contributed by atoms with Crippen LogP contribution in [0.4, 0.5) is 5.82 Å². The minimum absolute atomic E-state index is 0.592. The Labute approximate surface area is 79.2 Å². The van der Waals surface area contributed by atoms with Gasteiger partial charge >= 0.3 is 0 Å². The van der Waals surface area contributed by atoms with Crippen LogP contribution in [0.5, 0.6) is 0 Å². The third-order valence-corrected chi connectivity index (χ3v) is 2.23. The fourth-order valence-electron chi connectivity index (χ4n) is 1.03. The Hall–Kier alpha value is -1.25. The molecule has 1 rings (SSSR count). The Morgan fingerprint density at radius 2 is 2.15 bits per heavy atom. The van der Waals surface area contributed by atoms with E-state index < -0.39 is 0 Å². The third kappa shape index (κ3) is 2.93. The Balaban J connectivity index is 2.49. The molecule has 0 fully saturated rings. The van der Waals surface area contributed by atoms with E-state index in [4.69, 9.17) is 5.73 Å². The van der Waals surface area contributed by atoms with Gasteiger partial charge in [-0.3, -0.25) is 4.68 Å². The van der Waals surface area contributed by atoms with Gasteiger partial charge in [0.25, 0.3) is 0 Å². The molecule has 2 N–H and O–H groups in total. The summed E-state index contributed by atoms with van der Waals surface area (Å²) in [5, 5.41) is 4.11. The predicted octanol–water partition coefficient (Wildman–Crippen LogP) is 2.21. The van der Waals surface area contributed by atoms with Crippen molar-refractivity contribution in [2.24, 2.45) is 0 Å². The van der Waals surface area contributed by atoms with E-state index in [0.717, 1.165) is 13.0 Å². The first-order chi connectivity index (χ1) is 6.09. The summed E-state index contributed by atoms with van der Waals surface area (Å²) >= 11 is 0. The van der Waals surface area contributed by atoms with E-state index in [0.29, 0.717) is 5.82 Å². The fourth-order valence-corrected chi connectivity index (χ4v) is 1.03. The van der Waals surface area contributed by atoms with Crippen LogP contribution in [-0.4, -0.2) is 9.78 Å². The number of anilines is 1. The van der Waals surface area contributed by atoms with Crippen molar-refractivity contribution in [1.29, 1.82) is 0 Å². The molecule has 3 heteroatoms. The summed E-state index contributed by atoms with van der Waals surface area (Å²) in [4.78, 5) is 0. The number of rotatable bonds is 3. The third-order valence-electron chi connectivity index (χ3n) is 2.23. The minimum Gasteiger partial charge on any atom is -0.382 e. The van der Waals surface area contributed by atoms with Gasteiger partial charge in [-0.25, -0.2) is 0 Å². The maximum absolute atomic E-state index is 5.50. The summed E-state index contributed by atoms with van der Waals surface area (Å²) in [6, 6.07) is 1.82. The molecule has 3 nitrogen and oxygen atoms in total. The molecular formula is C10H17N3. The highest BCUT2D eigenvalue weighted by molar-refractivity contribution is 5.23. The molecule has 0 aliphatic rings. The highest BCUT2D eigenvalue weighted by atomic mass is 15.3. The van der Waals surface area contributed by atoms with E-state index >= 15 is 0 Å². The number of nitrogens with zero attached hydrogens (tertiary/aromatic N) is 2. The van der Waals surface area contributed by atoms with Crippen LogP contribution in [0.25, 0.3) is 0 Å². The molecule has 0 amide bonds. The van der Waals surface area contributed by atoms with Crippen LogP contribution in [0.2, 0.25) is 0 Å². The van der Waals surface area contributed by atoms with Gasteiger partial charge in [-0.1, -0.05) is 11.1 Å². The van der Waals surface area contributed by atoms with Crippen molar-refractivity contribution in [3.63, 3.8) is 0 Å². The zero-order chi connectivity index (χ0) is 9.84. The van der Waals surface area contributed by atoms with Crippen LogP contribution in [0, 0.1) is 0 Å². The number of nitrogens with two attached hydrogens (primary N) is 1. The van der Waals surface area contributed by atoms with Crippen molar-refractivity contribution in [3.8, 4) is 0 Å². The first-order valence-electron chi connectivity index (χ1n) is 4.51. The van der Waals surface area contributed by atoms with Gasteiger partial charge in [-0.05, 0) is 33.3 Å². The standard InChI is InChI=1S/C10H17N3/c1-8(2)9(3)4-6-13-7-5-10(11)12-13/h5,7H,4,6H2,1-3H3,(H2,11,12). The summed E-state index contributed by atoms with van der Waals surface area (Å²) in [5.41, 5.74) is 8.31. The molecule has 0 saturated carbocycles. The highest BCUT2D eigenvalue weighted by Gasteiger charge is 1.96. The summed E-state index contributed by atoms with van der Waals surface area (Å²) < 4.78 is 1.88. The molecule has 0 aliphatic carbocycles. The zero-order valence-corrected chi connectivity index (χ0v) is 8.54. The SMILES string of the molecule is CC(C)=C(C)CCn1ccc(N)n1. The molecule has 0 bridgehead atoms. The largest absolute Gasteiger partial charge is 0.382 e. The first-order valence-corrected chi connectivity index (χ1v) is 4.51. The average molecular weight is 179 g/mol. The Morgan fingerprint density at radius 3 is 2.62 bits per heavy atom. The van der Waals surface area contributed by atoms with E-state index in [2.05, 4.69) is 25.9 Å². The molecule has 13 heavy (non-hydrogen) atoms. The predicted molar refractivity (Wildman–Crippen MR) is 55.3 cm³/mol. The molecule has 0 aliphatic heterocycles. The van der Waals surface area contributed by atoms with Gasteiger partial charge in [0.15, 0.2) is 0 Å². The number of hydrogen-bond acceptors (Lipinski definition) is 2. The van der Waals surface area contributed by atoms with Crippen LogP contribution in [0.3, 0.4) is 0 Å². The topological polar surface area (TPSA) is 43.8 Å². The molecule has 1 aromatic rings. The summed E-state index contributed by atoms with van der Waals surface area (Å²) in [7, 11) is 0. The summed E-state index contributed by atoms with van der Waals surface area (Å²) in [6.45, 7) is 7.33. The Kier molecular flexibility index (Phi) is 3.12. The minimum atomic E-state index is 0.592. The molecule has 0 spiro atoms. The van der Waals surface area contributed by atoms with Crippen molar-refractivity contribution in [3.05, 3.63) is 23.4 Å². The second-order valence-electron chi connectivity index (χ2n) is 3.53. The quantitative estimate of drug-likeness (QED) is 0.723. The van der Waals surface area contributed by atoms with Crippen LogP contribution in [0.15, 0.2) is 23.4 Å². The first kappa shape index (κ1) is 9.84. The van der Waals surface area contributed by atoms with E-state index in [1.807, 2.05) is 16.9 Å². The second-order valence-corrected chi connectivity index (χ2v) is 3.53. The van der Waals surface area contributed by atoms with E-state index in [1.165, 1.54) is 11.1 Å². The van der Waals surface area contributed by atoms with Gasteiger partial charge in [0, 0.05) is 12.7 Å². The van der Waals surface area contributed by atoms with E-state index in [-0.39, 0.29) is 0 Å². The Morgan fingerprint density at radius 1 is 1.46 bits per heavy atom. The lowest BCUT2D eigenvalue weighted by Crippen LogP contribution is -2.00. The fraction of sp³-hybridized carbons (Fsp3) is 0.500. The normalized spacial score (nSPS) is 10.1. The number of nitrogen functional groups attached to an aromatic ring is 1. The highest BCUT2D eigenvalue weighted by Crippen LogP contribution is 2.08. The molecule has 1 aromatic heterocycles. The lowest BCUT2D eigenvalue weighted by Gasteiger charge is -2.03. The lowest BCUT2D eigenvalue weighted by atomic mass is 10.1. The number of allylic oxidation sites excluding steroid dienone is 2. The van der Waals surface area contributed by atoms with E-state index in [1.54, 1.807) is 0 Å². The van der Waals surface area contributed by atoms with Crippen molar-refractivity contribution >= 4 is 5.82 Å². The van der Waals surface area contributed by atoms with Crippen LogP contribution >= 0.6 is 0 Å². The van der Waals surface area contributed by atoms with Crippen LogP contribution in [0.1, 0.15) is 27.2 Å². The van der Waals surface area contributed by atoms with Crippen molar-refractivity contribution < 1.29 is 0 Å². The second kappa shape index (κ2) is 4.12. The van der Waals surface area contributed by atoms with E-state index in [9.17, 15) is 0 Å². The van der Waals surface area contributed by atoms with Gasteiger partial charge in [-0.2, -0.15) is 5.10 Å². The molecule has 0 unspecified atom stereocenters. The average Bonchev–Trinajstić information content (AvgIpc) is 2.47. The molecule has 72 valence electrons. The summed E-state index contributed by atoms with van der Waals surface area (Å²) in [5.74, 6) is 0.592. The Bertz CT molecular complexity index is 306. The molecular weight excluding hydrogens is 162 g/mol. The van der Waals surface area contributed by atoms with Crippen molar-refractivity contribution in [2.75, 3.05) is 5.73 Å². The van der Waals surface area contributed by atoms with Gasteiger partial charge in [0.05, 0.1) is 0 Å². The zero-order valence-electron chi connectivity index (χ0n) is 8.54. The van der Waals surface area contributed by atoms with Crippen molar-refractivity contribution in [1.82, 2.24) is 9.78 Å². The van der Waals surface area contributed by atoms with Crippen LogP contribution in [-0.2, 0) is 6.54 Å². The molecule has 0 radical (unpaired) electrons. The monoisotopic (exact) mass is 179 g/mol. The maximum Gasteiger partial charge on any atom is 0.145 e. The number of aromatic nitrogens is 2. The molecule has 0 atom stereocenters. The molecule has 0 aromatic carbocycles. The summed E-state index contributed by atoms with van der Waals surface area (Å²) in [6.07, 6.45) is 2.96. The van der Waals surface area contributed by atoms with Gasteiger partial charge in [-0.15, -0.1) is 0 Å². The van der Waals surface area contributed by atoms with Gasteiger partial charge in [0.1, 0.15) is 5.82 Å². The maximum atomic E-state index is 5.50. The van der Waals surface area contributed by atoms with Gasteiger partial charge < -0.3 is 5.73 Å². The number of hydrogen-bond donors (Lipinski definition) is 1. The number of aryl methyl sites for hydroxylation is 1. The lowest BCUT2D eigenvalue weighted by molar-refractivity contribution is 0.612. The molecule has 0 saturated heterocycles.